The van der Waals surface area contributed by atoms with E-state index in [4.69, 9.17) is 0 Å². The number of rotatable bonds is 5. The van der Waals surface area contributed by atoms with E-state index >= 15 is 0 Å². The van der Waals surface area contributed by atoms with Gasteiger partial charge in [0.1, 0.15) is 11.3 Å². The molecule has 8 nitrogen and oxygen atoms in total. The first-order valence-electron chi connectivity index (χ1n) is 8.18. The molecule has 0 spiro atoms. The fourth-order valence-electron chi connectivity index (χ4n) is 3.03. The number of nitrogens with zero attached hydrogens (tertiary/aromatic N) is 4. The van der Waals surface area contributed by atoms with Gasteiger partial charge < -0.3 is 15.5 Å². The number of carbonyl (C=O) groups is 1. The summed E-state index contributed by atoms with van der Waals surface area (Å²) < 4.78 is 1.79. The first kappa shape index (κ1) is 17.5. The van der Waals surface area contributed by atoms with Crippen LogP contribution in [0, 0.1) is 6.92 Å². The summed E-state index contributed by atoms with van der Waals surface area (Å²) >= 11 is 0. The summed E-state index contributed by atoms with van der Waals surface area (Å²) in [6.07, 6.45) is 2.39. The number of amides is 1. The number of aliphatic hydroxyl groups is 2. The van der Waals surface area contributed by atoms with Crippen LogP contribution in [-0.4, -0.2) is 67.1 Å². The molecule has 2 atom stereocenters. The fraction of sp³-hybridized carbons (Fsp3) is 0.471. The van der Waals surface area contributed by atoms with Gasteiger partial charge in [-0.25, -0.2) is 0 Å². The van der Waals surface area contributed by atoms with Crippen molar-refractivity contribution >= 4 is 5.91 Å². The van der Waals surface area contributed by atoms with E-state index < -0.39 is 11.7 Å². The summed E-state index contributed by atoms with van der Waals surface area (Å²) in [4.78, 5) is 18.0. The minimum absolute atomic E-state index is 0.0356. The van der Waals surface area contributed by atoms with Gasteiger partial charge in [-0.05, 0) is 19.1 Å². The number of hydrogen-bond donors (Lipinski definition) is 3. The standard InChI is InChI=1S/C17H23N5O3/c1-12-13(7-20-21(12)2)8-22-9-15(23)17(25,11-22)10-19-16(24)14-5-3-4-6-18-14/h3-7,15,23,25H,8-11H2,1-2H3,(H,19,24)/t15-,17+/m1/s1. The number of β-amino-alcohol motifs (C(OH)–C–C–N with tert-alkyl or cyclic N) is 2. The van der Waals surface area contributed by atoms with Gasteiger partial charge in [-0.3, -0.25) is 19.4 Å². The molecule has 1 aliphatic heterocycles. The number of hydrogen-bond acceptors (Lipinski definition) is 6. The number of aliphatic hydroxyl groups excluding tert-OH is 1. The van der Waals surface area contributed by atoms with E-state index in [1.807, 2.05) is 18.9 Å². The second-order valence-electron chi connectivity index (χ2n) is 6.57. The number of pyridine rings is 1. The normalized spacial score (nSPS) is 23.8. The van der Waals surface area contributed by atoms with Gasteiger partial charge in [0.15, 0.2) is 0 Å². The Morgan fingerprint density at radius 1 is 1.48 bits per heavy atom. The van der Waals surface area contributed by atoms with E-state index in [0.717, 1.165) is 11.3 Å². The van der Waals surface area contributed by atoms with Crippen molar-refractivity contribution in [2.75, 3.05) is 19.6 Å². The van der Waals surface area contributed by atoms with Crippen molar-refractivity contribution in [2.24, 2.45) is 7.05 Å². The predicted octanol–water partition coefficient (Wildman–Crippen LogP) is -0.539. The van der Waals surface area contributed by atoms with Crippen LogP contribution in [-0.2, 0) is 13.6 Å². The number of nitrogens with one attached hydrogen (secondary N) is 1. The Morgan fingerprint density at radius 3 is 2.92 bits per heavy atom. The molecule has 0 radical (unpaired) electrons. The van der Waals surface area contributed by atoms with E-state index in [1.54, 1.807) is 29.1 Å². The van der Waals surface area contributed by atoms with Gasteiger partial charge >= 0.3 is 0 Å². The molecule has 0 saturated carbocycles. The second kappa shape index (κ2) is 6.91. The number of aromatic nitrogens is 3. The minimum Gasteiger partial charge on any atom is -0.389 e. The van der Waals surface area contributed by atoms with Crippen LogP contribution in [0.5, 0.6) is 0 Å². The number of aryl methyl sites for hydroxylation is 1. The van der Waals surface area contributed by atoms with Crippen molar-refractivity contribution in [2.45, 2.75) is 25.2 Å². The van der Waals surface area contributed by atoms with E-state index in [0.29, 0.717) is 13.1 Å². The Labute approximate surface area is 146 Å². The zero-order valence-electron chi connectivity index (χ0n) is 14.4. The zero-order chi connectivity index (χ0) is 18.0. The van der Waals surface area contributed by atoms with Crippen LogP contribution >= 0.6 is 0 Å². The molecule has 1 amide bonds. The van der Waals surface area contributed by atoms with Crippen molar-refractivity contribution in [3.63, 3.8) is 0 Å². The average molecular weight is 345 g/mol. The number of carbonyl (C=O) groups excluding carboxylic acids is 1. The fourth-order valence-corrected chi connectivity index (χ4v) is 3.03. The zero-order valence-corrected chi connectivity index (χ0v) is 14.4. The maximum absolute atomic E-state index is 12.1. The van der Waals surface area contributed by atoms with Crippen molar-refractivity contribution in [1.29, 1.82) is 0 Å². The molecule has 2 aromatic heterocycles. The van der Waals surface area contributed by atoms with Gasteiger partial charge in [0.25, 0.3) is 5.91 Å². The minimum atomic E-state index is -1.39. The smallest absolute Gasteiger partial charge is 0.269 e. The first-order valence-corrected chi connectivity index (χ1v) is 8.18. The highest BCUT2D eigenvalue weighted by molar-refractivity contribution is 5.92. The molecule has 0 aliphatic carbocycles. The highest BCUT2D eigenvalue weighted by Crippen LogP contribution is 2.24. The van der Waals surface area contributed by atoms with Crippen LogP contribution in [0.2, 0.25) is 0 Å². The molecule has 8 heteroatoms. The molecule has 3 heterocycles. The first-order chi connectivity index (χ1) is 11.9. The number of likely N-dealkylation sites (tertiary alicyclic amines) is 1. The Balaban J connectivity index is 1.60. The largest absolute Gasteiger partial charge is 0.389 e. The topological polar surface area (TPSA) is 104 Å². The van der Waals surface area contributed by atoms with Gasteiger partial charge in [0.2, 0.25) is 0 Å². The van der Waals surface area contributed by atoms with Gasteiger partial charge in [-0.2, -0.15) is 5.10 Å². The molecule has 3 rings (SSSR count). The third kappa shape index (κ3) is 3.71. The summed E-state index contributed by atoms with van der Waals surface area (Å²) in [5, 5.41) is 27.9. The van der Waals surface area contributed by atoms with Crippen LogP contribution in [0.15, 0.2) is 30.6 Å². The molecule has 134 valence electrons. The van der Waals surface area contributed by atoms with Crippen LogP contribution in [0.4, 0.5) is 0 Å². The molecule has 25 heavy (non-hydrogen) atoms. The third-order valence-electron chi connectivity index (χ3n) is 4.73. The average Bonchev–Trinajstić information content (AvgIpc) is 3.07. The molecule has 1 saturated heterocycles. The maximum atomic E-state index is 12.1. The SMILES string of the molecule is Cc1c(CN2C[C@@H](O)[C@](O)(CNC(=O)c3ccccn3)C2)cnn1C. The summed E-state index contributed by atoms with van der Waals surface area (Å²) in [7, 11) is 1.88. The lowest BCUT2D eigenvalue weighted by atomic mass is 10.0. The lowest BCUT2D eigenvalue weighted by Crippen LogP contribution is -2.51. The van der Waals surface area contributed by atoms with Gasteiger partial charge in [0, 0.05) is 44.1 Å². The lowest BCUT2D eigenvalue weighted by molar-refractivity contribution is -0.0377. The monoisotopic (exact) mass is 345 g/mol. The van der Waals surface area contributed by atoms with Gasteiger partial charge in [0.05, 0.1) is 18.8 Å². The van der Waals surface area contributed by atoms with Crippen molar-refractivity contribution in [1.82, 2.24) is 25.0 Å². The quantitative estimate of drug-likeness (QED) is 0.673. The van der Waals surface area contributed by atoms with E-state index in [9.17, 15) is 15.0 Å². The van der Waals surface area contributed by atoms with Gasteiger partial charge in [-0.1, -0.05) is 6.07 Å². The van der Waals surface area contributed by atoms with E-state index in [1.165, 1.54) is 6.20 Å². The molecule has 0 aromatic carbocycles. The molecule has 0 unspecified atom stereocenters. The van der Waals surface area contributed by atoms with Crippen LogP contribution in [0.1, 0.15) is 21.7 Å². The molecule has 3 N–H and O–H groups in total. The Bertz CT molecular complexity index is 748. The molecular formula is C17H23N5O3. The van der Waals surface area contributed by atoms with E-state index in [-0.39, 0.29) is 24.7 Å². The predicted molar refractivity (Wildman–Crippen MR) is 90.7 cm³/mol. The lowest BCUT2D eigenvalue weighted by Gasteiger charge is -2.26. The van der Waals surface area contributed by atoms with Crippen LogP contribution in [0.3, 0.4) is 0 Å². The van der Waals surface area contributed by atoms with Crippen molar-refractivity contribution in [3.05, 3.63) is 47.5 Å². The van der Waals surface area contributed by atoms with E-state index in [2.05, 4.69) is 15.4 Å². The molecule has 0 bridgehead atoms. The summed E-state index contributed by atoms with van der Waals surface area (Å²) in [5.41, 5.74) is 0.992. The Kier molecular flexibility index (Phi) is 4.85. The maximum Gasteiger partial charge on any atom is 0.269 e. The highest BCUT2D eigenvalue weighted by atomic mass is 16.3. The van der Waals surface area contributed by atoms with Crippen molar-refractivity contribution < 1.29 is 15.0 Å². The summed E-state index contributed by atoms with van der Waals surface area (Å²) in [6.45, 7) is 3.14. The molecule has 1 fully saturated rings. The van der Waals surface area contributed by atoms with Crippen LogP contribution < -0.4 is 5.32 Å². The highest BCUT2D eigenvalue weighted by Gasteiger charge is 2.44. The van der Waals surface area contributed by atoms with Crippen LogP contribution in [0.25, 0.3) is 0 Å². The summed E-state index contributed by atoms with van der Waals surface area (Å²) in [5.74, 6) is -0.372. The van der Waals surface area contributed by atoms with Gasteiger partial charge in [-0.15, -0.1) is 0 Å². The third-order valence-corrected chi connectivity index (χ3v) is 4.73. The molecule has 2 aromatic rings. The summed E-state index contributed by atoms with van der Waals surface area (Å²) in [6, 6.07) is 5.05. The van der Waals surface area contributed by atoms with Crippen molar-refractivity contribution in [3.8, 4) is 0 Å². The Hall–Kier alpha value is -2.29. The molecule has 1 aliphatic rings. The second-order valence-corrected chi connectivity index (χ2v) is 6.57. The Morgan fingerprint density at radius 2 is 2.28 bits per heavy atom. The molecular weight excluding hydrogens is 322 g/mol.